The second kappa shape index (κ2) is 8.23. The summed E-state index contributed by atoms with van der Waals surface area (Å²) < 4.78 is 26.0. The van der Waals surface area contributed by atoms with Crippen LogP contribution < -0.4 is 0 Å². The van der Waals surface area contributed by atoms with Crippen LogP contribution in [0.4, 0.5) is 0 Å². The Morgan fingerprint density at radius 2 is 1.83 bits per heavy atom. The molecule has 148 valence electrons. The van der Waals surface area contributed by atoms with E-state index in [0.717, 1.165) is 31.9 Å². The normalized spacial score (nSPS) is 12.0. The number of fused-ring (bicyclic) bond motifs is 1. The number of rotatable bonds is 6. The van der Waals surface area contributed by atoms with Crippen molar-refractivity contribution in [2.75, 3.05) is 14.1 Å². The van der Waals surface area contributed by atoms with Gasteiger partial charge in [0.15, 0.2) is 0 Å². The first kappa shape index (κ1) is 20.0. The smallest absolute Gasteiger partial charge is 0.229 e. The molecule has 0 saturated heterocycles. The first-order valence-electron chi connectivity index (χ1n) is 8.88. The molecule has 0 aliphatic heterocycles. The van der Waals surface area contributed by atoms with Crippen LogP contribution in [0, 0.1) is 0 Å². The van der Waals surface area contributed by atoms with Gasteiger partial charge in [0.25, 0.3) is 0 Å². The van der Waals surface area contributed by atoms with Gasteiger partial charge >= 0.3 is 0 Å². The van der Waals surface area contributed by atoms with E-state index in [0.29, 0.717) is 10.6 Å². The molecule has 0 atom stereocenters. The molecule has 5 nitrogen and oxygen atoms in total. The van der Waals surface area contributed by atoms with E-state index in [-0.39, 0.29) is 0 Å². The summed E-state index contributed by atoms with van der Waals surface area (Å²) >= 11 is 3.20. The molecule has 2 heterocycles. The van der Waals surface area contributed by atoms with E-state index >= 15 is 0 Å². The van der Waals surface area contributed by atoms with E-state index < -0.39 is 10.0 Å². The lowest BCUT2D eigenvalue weighted by atomic mass is 10.1. The van der Waals surface area contributed by atoms with Crippen LogP contribution in [0.25, 0.3) is 21.3 Å². The maximum absolute atomic E-state index is 12.4. The Kier molecular flexibility index (Phi) is 5.69. The van der Waals surface area contributed by atoms with Crippen LogP contribution in [0.5, 0.6) is 0 Å². The maximum Gasteiger partial charge on any atom is 0.242 e. The topological polar surface area (TPSA) is 63.2 Å². The second-order valence-corrected chi connectivity index (χ2v) is 10.6. The number of nitrogens with zero attached hydrogens (tertiary/aromatic N) is 3. The molecule has 0 aliphatic rings. The van der Waals surface area contributed by atoms with Crippen molar-refractivity contribution in [1.29, 1.82) is 0 Å². The standard InChI is InChI=1S/C21H19N3O2S3/c1-24(2)29(25,26)17-10-6-7-15(11-17)12-27-20-19-18(16-8-4-3-5-9-16)13-28-21(19)23-14-22-20/h3-11,13-14H,12H2,1-2H3. The third kappa shape index (κ3) is 4.06. The van der Waals surface area contributed by atoms with Gasteiger partial charge in [0.2, 0.25) is 10.0 Å². The van der Waals surface area contributed by atoms with Gasteiger partial charge in [0.05, 0.1) is 10.3 Å². The number of sulfonamides is 1. The van der Waals surface area contributed by atoms with Gasteiger partial charge in [-0.15, -0.1) is 23.1 Å². The molecule has 8 heteroatoms. The Hall–Kier alpha value is -2.26. The summed E-state index contributed by atoms with van der Waals surface area (Å²) in [5, 5.41) is 4.06. The third-order valence-corrected chi connectivity index (χ3v) is 8.23. The zero-order valence-corrected chi connectivity index (χ0v) is 18.4. The fraction of sp³-hybridized carbons (Fsp3) is 0.143. The number of thioether (sulfide) groups is 1. The average molecular weight is 442 g/mol. The van der Waals surface area contributed by atoms with Crippen LogP contribution in [-0.2, 0) is 15.8 Å². The van der Waals surface area contributed by atoms with Crippen molar-refractivity contribution in [1.82, 2.24) is 14.3 Å². The lowest BCUT2D eigenvalue weighted by Gasteiger charge is -2.12. The summed E-state index contributed by atoms with van der Waals surface area (Å²) in [5.41, 5.74) is 3.19. The molecule has 0 saturated carbocycles. The van der Waals surface area contributed by atoms with Crippen molar-refractivity contribution < 1.29 is 8.42 Å². The molecule has 0 N–H and O–H groups in total. The molecule has 4 rings (SSSR count). The molecule has 0 aliphatic carbocycles. The molecule has 29 heavy (non-hydrogen) atoms. The van der Waals surface area contributed by atoms with Gasteiger partial charge in [0.1, 0.15) is 16.2 Å². The Morgan fingerprint density at radius 1 is 1.03 bits per heavy atom. The van der Waals surface area contributed by atoms with Gasteiger partial charge in [-0.1, -0.05) is 42.5 Å². The quantitative estimate of drug-likeness (QED) is 0.315. The Labute approximate surface area is 178 Å². The summed E-state index contributed by atoms with van der Waals surface area (Å²) in [4.78, 5) is 10.2. The Bertz CT molecular complexity index is 1250. The summed E-state index contributed by atoms with van der Waals surface area (Å²) in [6.07, 6.45) is 1.59. The minimum Gasteiger partial charge on any atom is -0.229 e. The molecule has 0 radical (unpaired) electrons. The van der Waals surface area contributed by atoms with Gasteiger partial charge < -0.3 is 0 Å². The largest absolute Gasteiger partial charge is 0.242 e. The van der Waals surface area contributed by atoms with Crippen molar-refractivity contribution in [3.8, 4) is 11.1 Å². The number of thiophene rings is 1. The van der Waals surface area contributed by atoms with Crippen LogP contribution in [0.2, 0.25) is 0 Å². The minimum absolute atomic E-state index is 0.300. The molecule has 0 bridgehead atoms. The first-order valence-corrected chi connectivity index (χ1v) is 12.2. The molecular formula is C21H19N3O2S3. The fourth-order valence-corrected chi connectivity index (χ4v) is 5.85. The number of hydrogen-bond acceptors (Lipinski definition) is 6. The summed E-state index contributed by atoms with van der Waals surface area (Å²) in [6.45, 7) is 0. The average Bonchev–Trinajstić information content (AvgIpc) is 3.18. The number of aromatic nitrogens is 2. The SMILES string of the molecule is CN(C)S(=O)(=O)c1cccc(CSc2ncnc3scc(-c4ccccc4)c23)c1. The lowest BCUT2D eigenvalue weighted by molar-refractivity contribution is 0.520. The fourth-order valence-electron chi connectivity index (χ4n) is 2.95. The van der Waals surface area contributed by atoms with Crippen LogP contribution in [0.1, 0.15) is 5.56 Å². The summed E-state index contributed by atoms with van der Waals surface area (Å²) in [5.74, 6) is 0.618. The number of benzene rings is 2. The third-order valence-electron chi connectivity index (χ3n) is 4.47. The molecule has 0 unspecified atom stereocenters. The predicted octanol–water partition coefficient (Wildman–Crippen LogP) is 4.90. The maximum atomic E-state index is 12.4. The lowest BCUT2D eigenvalue weighted by Crippen LogP contribution is -2.22. The first-order chi connectivity index (χ1) is 14.0. The van der Waals surface area contributed by atoms with E-state index in [9.17, 15) is 8.42 Å². The van der Waals surface area contributed by atoms with Gasteiger partial charge in [-0.05, 0) is 23.3 Å². The highest BCUT2D eigenvalue weighted by atomic mass is 32.2. The van der Waals surface area contributed by atoms with E-state index in [2.05, 4.69) is 27.5 Å². The van der Waals surface area contributed by atoms with Crippen molar-refractivity contribution in [3.63, 3.8) is 0 Å². The molecule has 0 spiro atoms. The van der Waals surface area contributed by atoms with Crippen molar-refractivity contribution in [2.24, 2.45) is 0 Å². The molecule has 0 amide bonds. The van der Waals surface area contributed by atoms with E-state index in [1.54, 1.807) is 47.6 Å². The number of hydrogen-bond donors (Lipinski definition) is 0. The van der Waals surface area contributed by atoms with Gasteiger partial charge in [-0.3, -0.25) is 0 Å². The highest BCUT2D eigenvalue weighted by molar-refractivity contribution is 7.98. The molecule has 2 aromatic carbocycles. The molecule has 4 aromatic rings. The van der Waals surface area contributed by atoms with Gasteiger partial charge in [-0.25, -0.2) is 22.7 Å². The van der Waals surface area contributed by atoms with Crippen molar-refractivity contribution >= 4 is 43.3 Å². The zero-order chi connectivity index (χ0) is 20.4. The zero-order valence-electron chi connectivity index (χ0n) is 15.9. The van der Waals surface area contributed by atoms with Crippen LogP contribution >= 0.6 is 23.1 Å². The van der Waals surface area contributed by atoms with Gasteiger partial charge in [-0.2, -0.15) is 0 Å². The van der Waals surface area contributed by atoms with E-state index in [1.165, 1.54) is 18.4 Å². The predicted molar refractivity (Wildman–Crippen MR) is 120 cm³/mol. The van der Waals surface area contributed by atoms with E-state index in [4.69, 9.17) is 0 Å². The van der Waals surface area contributed by atoms with Gasteiger partial charge in [0, 0.05) is 30.8 Å². The van der Waals surface area contributed by atoms with Crippen LogP contribution in [0.3, 0.4) is 0 Å². The van der Waals surface area contributed by atoms with Crippen molar-refractivity contribution in [2.45, 2.75) is 15.7 Å². The highest BCUT2D eigenvalue weighted by Crippen LogP contribution is 2.38. The Morgan fingerprint density at radius 3 is 2.59 bits per heavy atom. The molecule has 2 aromatic heterocycles. The molecule has 0 fully saturated rings. The van der Waals surface area contributed by atoms with Crippen LogP contribution in [-0.4, -0.2) is 36.8 Å². The minimum atomic E-state index is -3.45. The highest BCUT2D eigenvalue weighted by Gasteiger charge is 2.18. The second-order valence-electron chi connectivity index (χ2n) is 6.60. The monoisotopic (exact) mass is 441 g/mol. The molecular weight excluding hydrogens is 422 g/mol. The van der Waals surface area contributed by atoms with Crippen LogP contribution in [0.15, 0.2) is 76.2 Å². The van der Waals surface area contributed by atoms with E-state index in [1.807, 2.05) is 24.3 Å². The van der Waals surface area contributed by atoms with Crippen molar-refractivity contribution in [3.05, 3.63) is 71.9 Å². The summed E-state index contributed by atoms with van der Waals surface area (Å²) in [6, 6.07) is 17.3. The Balaban J connectivity index is 1.66. The summed E-state index contributed by atoms with van der Waals surface area (Å²) in [7, 11) is -0.375.